The van der Waals surface area contributed by atoms with Gasteiger partial charge in [0, 0.05) is 44.6 Å². The molecule has 2 heterocycles. The highest BCUT2D eigenvalue weighted by Gasteiger charge is 2.17. The summed E-state index contributed by atoms with van der Waals surface area (Å²) in [5, 5.41) is 0.549. The SMILES string of the molecule is COc1ccc(N2CCN(Cc3ccc(Cl)nc3)CC2)cc1. The number of rotatable bonds is 4. The van der Waals surface area contributed by atoms with Crippen molar-refractivity contribution in [2.75, 3.05) is 38.2 Å². The fourth-order valence-electron chi connectivity index (χ4n) is 2.72. The van der Waals surface area contributed by atoms with Crippen LogP contribution in [0.1, 0.15) is 5.56 Å². The molecule has 1 aromatic carbocycles. The zero-order valence-electron chi connectivity index (χ0n) is 12.7. The monoisotopic (exact) mass is 317 g/mol. The summed E-state index contributed by atoms with van der Waals surface area (Å²) in [5.74, 6) is 0.901. The molecule has 116 valence electrons. The van der Waals surface area contributed by atoms with Gasteiger partial charge in [0.1, 0.15) is 10.9 Å². The number of piperazine rings is 1. The molecule has 4 nitrogen and oxygen atoms in total. The molecule has 1 aliphatic heterocycles. The number of hydrogen-bond acceptors (Lipinski definition) is 4. The molecule has 3 rings (SSSR count). The lowest BCUT2D eigenvalue weighted by molar-refractivity contribution is 0.249. The Morgan fingerprint density at radius 2 is 1.77 bits per heavy atom. The average molecular weight is 318 g/mol. The summed E-state index contributed by atoms with van der Waals surface area (Å²) < 4.78 is 5.21. The molecular weight excluding hydrogens is 298 g/mol. The van der Waals surface area contributed by atoms with Gasteiger partial charge >= 0.3 is 0 Å². The molecule has 1 aliphatic rings. The lowest BCUT2D eigenvalue weighted by atomic mass is 10.2. The van der Waals surface area contributed by atoms with Gasteiger partial charge in [0.25, 0.3) is 0 Å². The Kier molecular flexibility index (Phi) is 4.80. The number of ether oxygens (including phenoxy) is 1. The number of halogens is 1. The Bertz CT molecular complexity index is 592. The maximum Gasteiger partial charge on any atom is 0.129 e. The van der Waals surface area contributed by atoms with E-state index in [1.54, 1.807) is 7.11 Å². The van der Waals surface area contributed by atoms with Gasteiger partial charge in [0.05, 0.1) is 7.11 Å². The summed E-state index contributed by atoms with van der Waals surface area (Å²) in [6.45, 7) is 5.10. The van der Waals surface area contributed by atoms with E-state index in [9.17, 15) is 0 Å². The molecule has 0 spiro atoms. The molecular formula is C17H20ClN3O. The van der Waals surface area contributed by atoms with E-state index in [0.717, 1.165) is 38.5 Å². The molecule has 1 fully saturated rings. The first-order valence-electron chi connectivity index (χ1n) is 7.46. The van der Waals surface area contributed by atoms with E-state index in [-0.39, 0.29) is 0 Å². The maximum absolute atomic E-state index is 5.82. The lowest BCUT2D eigenvalue weighted by Crippen LogP contribution is -2.45. The van der Waals surface area contributed by atoms with E-state index in [4.69, 9.17) is 16.3 Å². The minimum atomic E-state index is 0.549. The van der Waals surface area contributed by atoms with Crippen molar-refractivity contribution in [2.24, 2.45) is 0 Å². The van der Waals surface area contributed by atoms with Crippen molar-refractivity contribution in [3.63, 3.8) is 0 Å². The Hall–Kier alpha value is -1.78. The Morgan fingerprint density at radius 3 is 2.36 bits per heavy atom. The Labute approximate surface area is 136 Å². The van der Waals surface area contributed by atoms with Crippen LogP contribution in [0.4, 0.5) is 5.69 Å². The van der Waals surface area contributed by atoms with Gasteiger partial charge in [-0.1, -0.05) is 17.7 Å². The number of aromatic nitrogens is 1. The first-order valence-corrected chi connectivity index (χ1v) is 7.84. The molecule has 0 radical (unpaired) electrons. The van der Waals surface area contributed by atoms with E-state index in [1.807, 2.05) is 30.5 Å². The first kappa shape index (κ1) is 15.1. The van der Waals surface area contributed by atoms with Crippen LogP contribution < -0.4 is 9.64 Å². The van der Waals surface area contributed by atoms with Crippen LogP contribution in [0.25, 0.3) is 0 Å². The quantitative estimate of drug-likeness (QED) is 0.810. The molecule has 22 heavy (non-hydrogen) atoms. The second-order valence-corrected chi connectivity index (χ2v) is 5.84. The number of pyridine rings is 1. The van der Waals surface area contributed by atoms with Crippen molar-refractivity contribution in [3.8, 4) is 5.75 Å². The smallest absolute Gasteiger partial charge is 0.129 e. The van der Waals surface area contributed by atoms with E-state index in [0.29, 0.717) is 5.15 Å². The Morgan fingerprint density at radius 1 is 1.05 bits per heavy atom. The molecule has 1 saturated heterocycles. The molecule has 5 heteroatoms. The predicted molar refractivity (Wildman–Crippen MR) is 89.7 cm³/mol. The summed E-state index contributed by atoms with van der Waals surface area (Å²) >= 11 is 5.82. The second kappa shape index (κ2) is 6.99. The molecule has 0 bridgehead atoms. The van der Waals surface area contributed by atoms with Gasteiger partial charge in [-0.25, -0.2) is 4.98 Å². The van der Waals surface area contributed by atoms with Crippen molar-refractivity contribution in [3.05, 3.63) is 53.3 Å². The summed E-state index contributed by atoms with van der Waals surface area (Å²) in [4.78, 5) is 9.00. The highest BCUT2D eigenvalue weighted by molar-refractivity contribution is 6.29. The lowest BCUT2D eigenvalue weighted by Gasteiger charge is -2.36. The van der Waals surface area contributed by atoms with E-state index >= 15 is 0 Å². The highest BCUT2D eigenvalue weighted by atomic mass is 35.5. The van der Waals surface area contributed by atoms with E-state index < -0.39 is 0 Å². The third-order valence-electron chi connectivity index (χ3n) is 4.00. The number of hydrogen-bond donors (Lipinski definition) is 0. The third-order valence-corrected chi connectivity index (χ3v) is 4.23. The molecule has 0 saturated carbocycles. The van der Waals surface area contributed by atoms with Gasteiger partial charge < -0.3 is 9.64 Å². The predicted octanol–water partition coefficient (Wildman–Crippen LogP) is 3.07. The number of benzene rings is 1. The van der Waals surface area contributed by atoms with Gasteiger partial charge in [-0.2, -0.15) is 0 Å². The summed E-state index contributed by atoms with van der Waals surface area (Å²) in [7, 11) is 1.69. The number of methoxy groups -OCH3 is 1. The van der Waals surface area contributed by atoms with Crippen LogP contribution >= 0.6 is 11.6 Å². The number of nitrogens with zero attached hydrogens (tertiary/aromatic N) is 3. The molecule has 0 aliphatic carbocycles. The van der Waals surface area contributed by atoms with Crippen LogP contribution in [0.3, 0.4) is 0 Å². The van der Waals surface area contributed by atoms with Crippen LogP contribution in [-0.2, 0) is 6.54 Å². The summed E-state index contributed by atoms with van der Waals surface area (Å²) in [6.07, 6.45) is 1.86. The maximum atomic E-state index is 5.82. The fraction of sp³-hybridized carbons (Fsp3) is 0.353. The number of anilines is 1. The third kappa shape index (κ3) is 3.70. The van der Waals surface area contributed by atoms with Gasteiger partial charge in [-0.15, -0.1) is 0 Å². The normalized spacial score (nSPS) is 15.8. The minimum absolute atomic E-state index is 0.549. The zero-order chi connectivity index (χ0) is 15.4. The summed E-state index contributed by atoms with van der Waals surface area (Å²) in [5.41, 5.74) is 2.47. The largest absolute Gasteiger partial charge is 0.497 e. The van der Waals surface area contributed by atoms with Crippen molar-refractivity contribution in [1.29, 1.82) is 0 Å². The van der Waals surface area contributed by atoms with Gasteiger partial charge in [-0.3, -0.25) is 4.90 Å². The van der Waals surface area contributed by atoms with Crippen molar-refractivity contribution in [1.82, 2.24) is 9.88 Å². The zero-order valence-corrected chi connectivity index (χ0v) is 13.5. The average Bonchev–Trinajstić information content (AvgIpc) is 2.58. The summed E-state index contributed by atoms with van der Waals surface area (Å²) in [6, 6.07) is 12.2. The van der Waals surface area contributed by atoms with Crippen LogP contribution in [0.2, 0.25) is 5.15 Å². The molecule has 2 aromatic rings. The molecule has 0 N–H and O–H groups in total. The van der Waals surface area contributed by atoms with Crippen LogP contribution in [0.15, 0.2) is 42.6 Å². The molecule has 0 amide bonds. The topological polar surface area (TPSA) is 28.6 Å². The fourth-order valence-corrected chi connectivity index (χ4v) is 2.83. The highest BCUT2D eigenvalue weighted by Crippen LogP contribution is 2.21. The van der Waals surface area contributed by atoms with E-state index in [2.05, 4.69) is 26.9 Å². The van der Waals surface area contributed by atoms with Gasteiger partial charge in [0.15, 0.2) is 0 Å². The minimum Gasteiger partial charge on any atom is -0.497 e. The van der Waals surface area contributed by atoms with Gasteiger partial charge in [-0.05, 0) is 35.9 Å². The molecule has 0 atom stereocenters. The van der Waals surface area contributed by atoms with Crippen molar-refractivity contribution in [2.45, 2.75) is 6.54 Å². The van der Waals surface area contributed by atoms with Crippen LogP contribution in [-0.4, -0.2) is 43.2 Å². The first-order chi connectivity index (χ1) is 10.7. The van der Waals surface area contributed by atoms with Crippen molar-refractivity contribution >= 4 is 17.3 Å². The Balaban J connectivity index is 1.54. The molecule has 1 aromatic heterocycles. The standard InChI is InChI=1S/C17H20ClN3O/c1-22-16-5-3-15(4-6-16)21-10-8-20(9-11-21)13-14-2-7-17(18)19-12-14/h2-7,12H,8-11,13H2,1H3. The van der Waals surface area contributed by atoms with Crippen LogP contribution in [0.5, 0.6) is 5.75 Å². The van der Waals surface area contributed by atoms with Gasteiger partial charge in [0.2, 0.25) is 0 Å². The van der Waals surface area contributed by atoms with Crippen LogP contribution in [0, 0.1) is 0 Å². The molecule has 0 unspecified atom stereocenters. The van der Waals surface area contributed by atoms with E-state index in [1.165, 1.54) is 11.3 Å². The van der Waals surface area contributed by atoms with Crippen molar-refractivity contribution < 1.29 is 4.74 Å². The second-order valence-electron chi connectivity index (χ2n) is 5.45.